The first-order chi connectivity index (χ1) is 29.0. The molecule has 340 valence electrons. The quantitative estimate of drug-likeness (QED) is 0.0135. The molecule has 2 aromatic heterocycles. The van der Waals surface area contributed by atoms with Crippen molar-refractivity contribution in [3.8, 4) is 0 Å². The van der Waals surface area contributed by atoms with Crippen LogP contribution in [0.2, 0.25) is 0 Å². The van der Waals surface area contributed by atoms with Gasteiger partial charge in [-0.05, 0) is 35.4 Å². The van der Waals surface area contributed by atoms with Crippen LogP contribution < -0.4 is 238 Å². The summed E-state index contributed by atoms with van der Waals surface area (Å²) in [6.07, 6.45) is 0.800. The van der Waals surface area contributed by atoms with Gasteiger partial charge in [-0.25, -0.2) is 39.2 Å². The van der Waals surface area contributed by atoms with Gasteiger partial charge in [-0.1, -0.05) is 24.3 Å². The van der Waals surface area contributed by atoms with Crippen LogP contribution >= 0.6 is 0 Å². The van der Waals surface area contributed by atoms with Crippen molar-refractivity contribution in [3.63, 3.8) is 0 Å². The number of anilines is 7. The average Bonchev–Trinajstić information content (AvgIpc) is 3.17. The van der Waals surface area contributed by atoms with E-state index in [0.29, 0.717) is 0 Å². The molecule has 4 aromatic rings. The normalized spacial score (nSPS) is 12.6. The SMILES string of the molecule is O=S(=O)([O-])CCNc1nc(NCC(O)CO)nc(Nc2ccc(C=Cc3ccc(Nc4nc(NCCS(=O)(=O)[O-])nc(C(CO)CNO)n4)cc3S(=O)(=O)[O-])c(S(=O)(=O)[O-])c2)n1.[K+].[K+].[K+].[K+]. The van der Waals surface area contributed by atoms with E-state index >= 15 is 0 Å². The van der Waals surface area contributed by atoms with Gasteiger partial charge in [-0.15, -0.1) is 0 Å². The van der Waals surface area contributed by atoms with Crippen LogP contribution in [0.1, 0.15) is 22.9 Å². The molecule has 28 nitrogen and oxygen atoms in total. The second kappa shape index (κ2) is 31.0. The minimum Gasteiger partial charge on any atom is -0.748 e. The molecule has 36 heteroatoms. The molecule has 0 bridgehead atoms. The van der Waals surface area contributed by atoms with Gasteiger partial charge in [0.05, 0.1) is 66.8 Å². The summed E-state index contributed by atoms with van der Waals surface area (Å²) in [5.74, 6) is -4.28. The van der Waals surface area contributed by atoms with Crippen molar-refractivity contribution in [3.05, 3.63) is 53.3 Å². The van der Waals surface area contributed by atoms with Gasteiger partial charge in [0.15, 0.2) is 0 Å². The monoisotopic (exact) mass is 1100 g/mol. The minimum absolute atomic E-state index is 0. The van der Waals surface area contributed by atoms with E-state index in [4.69, 9.17) is 10.3 Å². The number of aromatic nitrogens is 6. The van der Waals surface area contributed by atoms with E-state index in [-0.39, 0.29) is 277 Å². The Hall–Kier alpha value is 1.19. The molecule has 2 aromatic carbocycles. The molecular formula is C30H36K4N12O16S4. The zero-order valence-electron chi connectivity index (χ0n) is 35.4. The van der Waals surface area contributed by atoms with Crippen molar-refractivity contribution in [2.24, 2.45) is 0 Å². The molecule has 0 spiro atoms. The number of hydrogen-bond donors (Lipinski definition) is 10. The van der Waals surface area contributed by atoms with Crippen LogP contribution in [-0.2, 0) is 40.5 Å². The predicted octanol–water partition coefficient (Wildman–Crippen LogP) is -14.7. The minimum atomic E-state index is -5.28. The Bertz CT molecular complexity index is 2720. The van der Waals surface area contributed by atoms with Gasteiger partial charge in [-0.2, -0.15) is 29.9 Å². The van der Waals surface area contributed by atoms with Crippen LogP contribution in [0.15, 0.2) is 46.2 Å². The van der Waals surface area contributed by atoms with Gasteiger partial charge in [0.2, 0.25) is 29.7 Å². The van der Waals surface area contributed by atoms with E-state index in [1.165, 1.54) is 12.1 Å². The molecule has 4 rings (SSSR count). The third kappa shape index (κ3) is 23.8. The molecule has 0 aliphatic carbocycles. The molecule has 2 atom stereocenters. The van der Waals surface area contributed by atoms with Crippen molar-refractivity contribution in [1.29, 1.82) is 0 Å². The number of hydrogen-bond acceptors (Lipinski definition) is 28. The summed E-state index contributed by atoms with van der Waals surface area (Å²) in [4.78, 5) is 22.5. The van der Waals surface area contributed by atoms with Crippen LogP contribution in [0.3, 0.4) is 0 Å². The number of aliphatic hydroxyl groups excluding tert-OH is 3. The second-order valence-electron chi connectivity index (χ2n) is 12.5. The molecule has 0 aliphatic heterocycles. The molecule has 2 heterocycles. The Labute approximate surface area is 548 Å². The summed E-state index contributed by atoms with van der Waals surface area (Å²) in [6, 6.07) is 6.49. The molecule has 0 aliphatic rings. The van der Waals surface area contributed by atoms with Crippen molar-refractivity contribution in [2.75, 3.05) is 77.5 Å². The van der Waals surface area contributed by atoms with Crippen LogP contribution in [0.4, 0.5) is 41.1 Å². The number of nitrogens with one attached hydrogen (secondary N) is 6. The first kappa shape index (κ1) is 67.2. The third-order valence-corrected chi connectivity index (χ3v) is 10.9. The van der Waals surface area contributed by atoms with Crippen molar-refractivity contribution in [1.82, 2.24) is 35.4 Å². The van der Waals surface area contributed by atoms with Crippen molar-refractivity contribution < 1.29 is 278 Å². The number of aliphatic hydroxyl groups is 3. The topological polar surface area (TPSA) is 459 Å². The molecule has 0 amide bonds. The molecular weight excluding hydrogens is 1070 g/mol. The molecule has 0 radical (unpaired) electrons. The molecule has 10 N–H and O–H groups in total. The van der Waals surface area contributed by atoms with E-state index in [1.54, 1.807) is 0 Å². The van der Waals surface area contributed by atoms with Gasteiger partial charge < -0.3 is 65.3 Å². The number of hydroxylamine groups is 1. The smallest absolute Gasteiger partial charge is 0.748 e. The van der Waals surface area contributed by atoms with E-state index in [0.717, 1.165) is 36.4 Å². The maximum Gasteiger partial charge on any atom is 1.00 e. The summed E-state index contributed by atoms with van der Waals surface area (Å²) < 4.78 is 141. The number of benzene rings is 2. The van der Waals surface area contributed by atoms with E-state index in [9.17, 15) is 62.1 Å². The zero-order chi connectivity index (χ0) is 45.9. The Morgan fingerprint density at radius 1 is 0.561 bits per heavy atom. The molecule has 2 unspecified atom stereocenters. The number of rotatable bonds is 24. The maximum absolute atomic E-state index is 12.4. The van der Waals surface area contributed by atoms with Crippen LogP contribution in [0.25, 0.3) is 12.2 Å². The van der Waals surface area contributed by atoms with Gasteiger partial charge in [-0.3, -0.25) is 0 Å². The van der Waals surface area contributed by atoms with Crippen molar-refractivity contribution in [2.45, 2.75) is 21.8 Å². The summed E-state index contributed by atoms with van der Waals surface area (Å²) in [6.45, 7) is -2.63. The maximum atomic E-state index is 12.4. The predicted molar refractivity (Wildman–Crippen MR) is 211 cm³/mol. The first-order valence-corrected chi connectivity index (χ1v) is 23.2. The number of nitrogens with zero attached hydrogens (tertiary/aromatic N) is 6. The van der Waals surface area contributed by atoms with E-state index in [1.807, 2.05) is 5.48 Å². The summed E-state index contributed by atoms with van der Waals surface area (Å²) in [5.41, 5.74) is 1.05. The Kier molecular flexibility index (Phi) is 31.6. The molecule has 0 fully saturated rings. The fourth-order valence-electron chi connectivity index (χ4n) is 4.87. The van der Waals surface area contributed by atoms with E-state index in [2.05, 4.69) is 56.5 Å². The summed E-state index contributed by atoms with van der Waals surface area (Å²) in [5, 5.41) is 50.6. The fourth-order valence-corrected chi connectivity index (χ4v) is 6.96. The second-order valence-corrected chi connectivity index (χ2v) is 18.2. The van der Waals surface area contributed by atoms with Crippen LogP contribution in [-0.4, -0.2) is 159 Å². The van der Waals surface area contributed by atoms with Gasteiger partial charge >= 0.3 is 206 Å². The Balaban J connectivity index is 0.0000106. The van der Waals surface area contributed by atoms with Crippen LogP contribution in [0.5, 0.6) is 0 Å². The summed E-state index contributed by atoms with van der Waals surface area (Å²) >= 11 is 0. The van der Waals surface area contributed by atoms with Crippen LogP contribution in [0, 0.1) is 0 Å². The van der Waals surface area contributed by atoms with E-state index < -0.39 is 100 Å². The van der Waals surface area contributed by atoms with Gasteiger partial charge in [0, 0.05) is 37.6 Å². The third-order valence-electron chi connectivity index (χ3n) is 7.71. The average molecular weight is 1110 g/mol. The fraction of sp³-hybridized carbons (Fsp3) is 0.333. The Morgan fingerprint density at radius 3 is 1.35 bits per heavy atom. The zero-order valence-corrected chi connectivity index (χ0v) is 51.2. The van der Waals surface area contributed by atoms with Gasteiger partial charge in [0.1, 0.15) is 26.1 Å². The molecule has 66 heavy (non-hydrogen) atoms. The first-order valence-electron chi connectivity index (χ1n) is 17.3. The standard InChI is InChI=1S/C30H40N12O16S4.4K/c43-15-19(13-34-46)25-37-26(31-7-9-59(47,48)49)40-29(38-25)35-20-5-3-17(23(11-20)61(53,54)55)1-2-18-4-6-21(12-24(18)62(56,57)58)36-30-41-27(32-8-10-60(50,51)52)39-28(42-30)33-14-22(45)16-44;;;;/h1-6,11-12,19,22,34,43-46H,7-10,13-16H2,(H,47,48,49)(H,50,51,52)(H,53,54,55)(H,56,57,58)(H2,31,35,37,38,40)(H3,32,33,36,39,41,42);;;;/q;4*+1/p-4. The molecule has 0 saturated heterocycles. The van der Waals surface area contributed by atoms with Crippen molar-refractivity contribution >= 4 is 93.7 Å². The van der Waals surface area contributed by atoms with Gasteiger partial charge in [0.25, 0.3) is 0 Å². The largest absolute Gasteiger partial charge is 1.00 e. The molecule has 0 saturated carbocycles. The Morgan fingerprint density at radius 2 is 0.955 bits per heavy atom. The summed E-state index contributed by atoms with van der Waals surface area (Å²) in [7, 11) is -19.8.